The first-order chi connectivity index (χ1) is 8.96. The fourth-order valence-electron chi connectivity index (χ4n) is 2.02. The van der Waals surface area contributed by atoms with Crippen molar-refractivity contribution < 1.29 is 13.2 Å². The summed E-state index contributed by atoms with van der Waals surface area (Å²) in [7, 11) is -0.0721. The molecule has 5 heteroatoms. The van der Waals surface area contributed by atoms with Gasteiger partial charge >= 0.3 is 0 Å². The van der Waals surface area contributed by atoms with Crippen LogP contribution in [-0.4, -0.2) is 34.4 Å². The van der Waals surface area contributed by atoms with Crippen molar-refractivity contribution in [1.82, 2.24) is 5.32 Å². The Kier molecular flexibility index (Phi) is 5.82. The largest absolute Gasteiger partial charge is 0.495 e. The molecular formula is C14H23NO3S. The third-order valence-electron chi connectivity index (χ3n) is 3.50. The number of para-hydroxylation sites is 1. The average molecular weight is 285 g/mol. The Hall–Kier alpha value is -1.07. The van der Waals surface area contributed by atoms with Crippen molar-refractivity contribution in [2.45, 2.75) is 31.2 Å². The Morgan fingerprint density at radius 1 is 1.32 bits per heavy atom. The van der Waals surface area contributed by atoms with Crippen molar-refractivity contribution >= 4 is 9.84 Å². The van der Waals surface area contributed by atoms with Crippen LogP contribution in [0.15, 0.2) is 29.2 Å². The van der Waals surface area contributed by atoms with Crippen molar-refractivity contribution in [1.29, 1.82) is 0 Å². The maximum atomic E-state index is 12.5. The highest BCUT2D eigenvalue weighted by atomic mass is 32.2. The smallest absolute Gasteiger partial charge is 0.183 e. The van der Waals surface area contributed by atoms with Gasteiger partial charge in [-0.15, -0.1) is 0 Å². The second kappa shape index (κ2) is 6.91. The number of ether oxygens (including phenoxy) is 1. The SMILES string of the molecule is CCC(C)C(CS(=O)(=O)c1ccccc1OC)NC. The second-order valence-corrected chi connectivity index (χ2v) is 6.72. The molecule has 1 aromatic rings. The monoisotopic (exact) mass is 285 g/mol. The second-order valence-electron chi connectivity index (χ2n) is 4.71. The van der Waals surface area contributed by atoms with Crippen LogP contribution in [0.25, 0.3) is 0 Å². The van der Waals surface area contributed by atoms with E-state index in [0.29, 0.717) is 11.7 Å². The van der Waals surface area contributed by atoms with Crippen LogP contribution in [0, 0.1) is 5.92 Å². The number of hydrogen-bond acceptors (Lipinski definition) is 4. The molecule has 0 saturated heterocycles. The van der Waals surface area contributed by atoms with E-state index < -0.39 is 9.84 Å². The molecule has 0 spiro atoms. The van der Waals surface area contributed by atoms with Crippen LogP contribution in [0.5, 0.6) is 5.75 Å². The molecule has 2 atom stereocenters. The average Bonchev–Trinajstić information content (AvgIpc) is 2.43. The van der Waals surface area contributed by atoms with E-state index >= 15 is 0 Å². The molecule has 0 radical (unpaired) electrons. The van der Waals surface area contributed by atoms with Gasteiger partial charge in [-0.2, -0.15) is 0 Å². The van der Waals surface area contributed by atoms with E-state index in [1.807, 2.05) is 0 Å². The standard InChI is InChI=1S/C14H23NO3S/c1-5-11(2)12(15-3)10-19(16,17)14-9-7-6-8-13(14)18-4/h6-9,11-12,15H,5,10H2,1-4H3. The van der Waals surface area contributed by atoms with Gasteiger partial charge in [0.15, 0.2) is 9.84 Å². The van der Waals surface area contributed by atoms with Gasteiger partial charge in [-0.1, -0.05) is 32.4 Å². The Labute approximate surface area is 116 Å². The molecule has 0 heterocycles. The fraction of sp³-hybridized carbons (Fsp3) is 0.571. The first-order valence-electron chi connectivity index (χ1n) is 6.49. The fourth-order valence-corrected chi connectivity index (χ4v) is 3.91. The number of rotatable bonds is 7. The highest BCUT2D eigenvalue weighted by Gasteiger charge is 2.25. The van der Waals surface area contributed by atoms with E-state index in [2.05, 4.69) is 19.2 Å². The molecule has 0 amide bonds. The van der Waals surface area contributed by atoms with Gasteiger partial charge in [0.05, 0.1) is 12.9 Å². The number of benzene rings is 1. The lowest BCUT2D eigenvalue weighted by atomic mass is 10.0. The zero-order chi connectivity index (χ0) is 14.5. The molecule has 0 bridgehead atoms. The zero-order valence-electron chi connectivity index (χ0n) is 12.0. The van der Waals surface area contributed by atoms with E-state index in [-0.39, 0.29) is 16.7 Å². The summed E-state index contributed by atoms with van der Waals surface area (Å²) >= 11 is 0. The summed E-state index contributed by atoms with van der Waals surface area (Å²) in [6.45, 7) is 4.11. The summed E-state index contributed by atoms with van der Waals surface area (Å²) in [5.74, 6) is 0.787. The van der Waals surface area contributed by atoms with Crippen LogP contribution in [0.3, 0.4) is 0 Å². The van der Waals surface area contributed by atoms with Gasteiger partial charge < -0.3 is 10.1 Å². The first-order valence-corrected chi connectivity index (χ1v) is 8.14. The van der Waals surface area contributed by atoms with Crippen LogP contribution >= 0.6 is 0 Å². The van der Waals surface area contributed by atoms with E-state index in [1.54, 1.807) is 31.3 Å². The lowest BCUT2D eigenvalue weighted by molar-refractivity contribution is 0.399. The molecule has 0 aliphatic rings. The lowest BCUT2D eigenvalue weighted by Gasteiger charge is -2.22. The summed E-state index contributed by atoms with van der Waals surface area (Å²) in [6, 6.07) is 6.69. The molecule has 0 aliphatic carbocycles. The van der Waals surface area contributed by atoms with Crippen LogP contribution in [0.2, 0.25) is 0 Å². The van der Waals surface area contributed by atoms with Gasteiger partial charge in [-0.25, -0.2) is 8.42 Å². The third-order valence-corrected chi connectivity index (χ3v) is 5.31. The quantitative estimate of drug-likeness (QED) is 0.833. The molecule has 0 aromatic heterocycles. The summed E-state index contributed by atoms with van der Waals surface area (Å²) in [5.41, 5.74) is 0. The number of nitrogens with one attached hydrogen (secondary N) is 1. The molecule has 108 valence electrons. The van der Waals surface area contributed by atoms with Crippen molar-refractivity contribution in [3.05, 3.63) is 24.3 Å². The molecule has 1 N–H and O–H groups in total. The van der Waals surface area contributed by atoms with E-state index in [0.717, 1.165) is 6.42 Å². The van der Waals surface area contributed by atoms with Crippen molar-refractivity contribution in [3.63, 3.8) is 0 Å². The van der Waals surface area contributed by atoms with Crippen LogP contribution in [-0.2, 0) is 9.84 Å². The zero-order valence-corrected chi connectivity index (χ0v) is 12.8. The van der Waals surface area contributed by atoms with Gasteiger partial charge in [0.2, 0.25) is 0 Å². The Morgan fingerprint density at radius 2 is 1.95 bits per heavy atom. The van der Waals surface area contributed by atoms with Crippen LogP contribution < -0.4 is 10.1 Å². The molecule has 1 aromatic carbocycles. The maximum absolute atomic E-state index is 12.5. The van der Waals surface area contributed by atoms with Gasteiger partial charge in [0, 0.05) is 6.04 Å². The minimum Gasteiger partial charge on any atom is -0.495 e. The van der Waals surface area contributed by atoms with E-state index in [1.165, 1.54) is 7.11 Å². The summed E-state index contributed by atoms with van der Waals surface area (Å²) in [5, 5.41) is 3.10. The Balaban J connectivity index is 3.04. The van der Waals surface area contributed by atoms with Crippen LogP contribution in [0.4, 0.5) is 0 Å². The number of hydrogen-bond donors (Lipinski definition) is 1. The normalized spacial score (nSPS) is 14.9. The predicted octanol–water partition coefficient (Wildman–Crippen LogP) is 2.10. The molecule has 1 rings (SSSR count). The first kappa shape index (κ1) is 16.0. The predicted molar refractivity (Wildman–Crippen MR) is 77.3 cm³/mol. The van der Waals surface area contributed by atoms with Gasteiger partial charge in [-0.3, -0.25) is 0 Å². The molecular weight excluding hydrogens is 262 g/mol. The number of methoxy groups -OCH3 is 1. The molecule has 0 fully saturated rings. The summed E-state index contributed by atoms with van der Waals surface area (Å²) < 4.78 is 30.1. The van der Waals surface area contributed by atoms with Gasteiger partial charge in [0.1, 0.15) is 10.6 Å². The summed E-state index contributed by atoms with van der Waals surface area (Å²) in [4.78, 5) is 0.265. The van der Waals surface area contributed by atoms with Crippen LogP contribution in [0.1, 0.15) is 20.3 Å². The van der Waals surface area contributed by atoms with Crippen molar-refractivity contribution in [2.75, 3.05) is 19.9 Å². The Bertz CT molecular complexity index is 499. The third kappa shape index (κ3) is 3.94. The minimum absolute atomic E-state index is 0.0556. The van der Waals surface area contributed by atoms with E-state index in [9.17, 15) is 8.42 Å². The molecule has 4 nitrogen and oxygen atoms in total. The minimum atomic E-state index is -3.36. The molecule has 0 saturated carbocycles. The van der Waals surface area contributed by atoms with Crippen molar-refractivity contribution in [3.8, 4) is 5.75 Å². The molecule has 0 aliphatic heterocycles. The summed E-state index contributed by atoms with van der Waals surface area (Å²) in [6.07, 6.45) is 0.937. The maximum Gasteiger partial charge on any atom is 0.183 e. The van der Waals surface area contributed by atoms with Gasteiger partial charge in [-0.05, 0) is 25.1 Å². The highest BCUT2D eigenvalue weighted by molar-refractivity contribution is 7.91. The number of sulfone groups is 1. The lowest BCUT2D eigenvalue weighted by Crippen LogP contribution is -2.38. The molecule has 19 heavy (non-hydrogen) atoms. The van der Waals surface area contributed by atoms with Crippen molar-refractivity contribution in [2.24, 2.45) is 5.92 Å². The Morgan fingerprint density at radius 3 is 2.47 bits per heavy atom. The highest BCUT2D eigenvalue weighted by Crippen LogP contribution is 2.25. The van der Waals surface area contributed by atoms with E-state index in [4.69, 9.17) is 4.74 Å². The molecule has 2 unspecified atom stereocenters. The topological polar surface area (TPSA) is 55.4 Å². The van der Waals surface area contributed by atoms with Gasteiger partial charge in [0.25, 0.3) is 0 Å².